The van der Waals surface area contributed by atoms with E-state index in [0.717, 1.165) is 6.07 Å². The monoisotopic (exact) mass is 309 g/mol. The van der Waals surface area contributed by atoms with Gasteiger partial charge >= 0.3 is 5.97 Å². The molecule has 0 aliphatic rings. The van der Waals surface area contributed by atoms with E-state index in [2.05, 4.69) is 11.3 Å². The van der Waals surface area contributed by atoms with Gasteiger partial charge in [0, 0.05) is 11.6 Å². The molecule has 0 radical (unpaired) electrons. The first-order valence-electron chi connectivity index (χ1n) is 4.60. The Morgan fingerprint density at radius 1 is 1.44 bits per heavy atom. The number of halogens is 2. The van der Waals surface area contributed by atoms with Gasteiger partial charge in [0.15, 0.2) is 0 Å². The molecule has 0 bridgehead atoms. The molecule has 0 heterocycles. The maximum absolute atomic E-state index is 11.8. The van der Waals surface area contributed by atoms with Crippen LogP contribution in [0.25, 0.3) is 0 Å². The molecular formula is C10H9Cl2NO4S. The Hall–Kier alpha value is -1.08. The number of aromatic carboxylic acids is 1. The van der Waals surface area contributed by atoms with Gasteiger partial charge in [0.25, 0.3) is 0 Å². The Morgan fingerprint density at radius 2 is 2.06 bits per heavy atom. The number of carboxylic acid groups (broad SMARTS) is 1. The smallest absolute Gasteiger partial charge is 0.337 e. The maximum atomic E-state index is 11.8. The molecule has 0 unspecified atom stereocenters. The first-order valence-corrected chi connectivity index (χ1v) is 6.84. The average molecular weight is 310 g/mol. The summed E-state index contributed by atoms with van der Waals surface area (Å²) in [6.45, 7) is 3.19. The Labute approximate surface area is 114 Å². The molecule has 0 saturated carbocycles. The van der Waals surface area contributed by atoms with Gasteiger partial charge in [-0.25, -0.2) is 17.9 Å². The van der Waals surface area contributed by atoms with E-state index in [1.807, 2.05) is 0 Å². The van der Waals surface area contributed by atoms with Crippen LogP contribution in [0, 0.1) is 0 Å². The van der Waals surface area contributed by atoms with E-state index in [-0.39, 0.29) is 27.1 Å². The number of benzene rings is 1. The quantitative estimate of drug-likeness (QED) is 0.872. The molecule has 0 aliphatic heterocycles. The summed E-state index contributed by atoms with van der Waals surface area (Å²) in [6.07, 6.45) is 0. The van der Waals surface area contributed by atoms with Gasteiger partial charge in [-0.1, -0.05) is 29.8 Å². The van der Waals surface area contributed by atoms with Crippen molar-refractivity contribution in [3.05, 3.63) is 40.4 Å². The van der Waals surface area contributed by atoms with Crippen molar-refractivity contribution in [1.82, 2.24) is 4.72 Å². The SMILES string of the molecule is C=C(Cl)CNS(=O)(=O)c1ccc(Cl)c(C(=O)O)c1. The Balaban J connectivity index is 3.14. The zero-order chi connectivity index (χ0) is 13.9. The maximum Gasteiger partial charge on any atom is 0.337 e. The third-order valence-corrected chi connectivity index (χ3v) is 3.79. The van der Waals surface area contributed by atoms with E-state index in [9.17, 15) is 13.2 Å². The molecular weight excluding hydrogens is 301 g/mol. The second kappa shape index (κ2) is 5.71. The number of carboxylic acids is 1. The molecule has 0 aliphatic carbocycles. The van der Waals surface area contributed by atoms with Crippen LogP contribution in [0.3, 0.4) is 0 Å². The van der Waals surface area contributed by atoms with Crippen LogP contribution in [0.2, 0.25) is 5.02 Å². The number of hydrogen-bond donors (Lipinski definition) is 2. The minimum Gasteiger partial charge on any atom is -0.478 e. The van der Waals surface area contributed by atoms with Crippen molar-refractivity contribution >= 4 is 39.2 Å². The first-order chi connectivity index (χ1) is 8.24. The van der Waals surface area contributed by atoms with Crippen molar-refractivity contribution < 1.29 is 18.3 Å². The van der Waals surface area contributed by atoms with Crippen LogP contribution in [-0.4, -0.2) is 26.0 Å². The molecule has 0 spiro atoms. The molecule has 0 amide bonds. The highest BCUT2D eigenvalue weighted by molar-refractivity contribution is 7.89. The predicted molar refractivity (Wildman–Crippen MR) is 68.6 cm³/mol. The summed E-state index contributed by atoms with van der Waals surface area (Å²) in [5.74, 6) is -1.31. The molecule has 0 fully saturated rings. The Morgan fingerprint density at radius 3 is 2.56 bits per heavy atom. The summed E-state index contributed by atoms with van der Waals surface area (Å²) in [4.78, 5) is 10.6. The van der Waals surface area contributed by atoms with Crippen molar-refractivity contribution in [3.8, 4) is 0 Å². The summed E-state index contributed by atoms with van der Waals surface area (Å²) in [7, 11) is -3.85. The van der Waals surface area contributed by atoms with E-state index < -0.39 is 16.0 Å². The van der Waals surface area contributed by atoms with E-state index >= 15 is 0 Å². The lowest BCUT2D eigenvalue weighted by atomic mass is 10.2. The summed E-state index contributed by atoms with van der Waals surface area (Å²) < 4.78 is 25.7. The zero-order valence-electron chi connectivity index (χ0n) is 8.98. The highest BCUT2D eigenvalue weighted by atomic mass is 35.5. The summed E-state index contributed by atoms with van der Waals surface area (Å²) in [5.41, 5.74) is -0.288. The molecule has 0 saturated heterocycles. The molecule has 2 N–H and O–H groups in total. The van der Waals surface area contributed by atoms with E-state index in [0.29, 0.717) is 0 Å². The standard InChI is InChI=1S/C10H9Cl2NO4S/c1-6(11)5-13-18(16,17)7-2-3-9(12)8(4-7)10(14)15/h2-4,13H,1,5H2,(H,14,15). The van der Waals surface area contributed by atoms with Crippen LogP contribution < -0.4 is 4.72 Å². The fourth-order valence-electron chi connectivity index (χ4n) is 1.09. The van der Waals surface area contributed by atoms with Crippen LogP contribution in [0.15, 0.2) is 34.7 Å². The van der Waals surface area contributed by atoms with Crippen LogP contribution >= 0.6 is 23.2 Å². The topological polar surface area (TPSA) is 83.5 Å². The number of nitrogens with one attached hydrogen (secondary N) is 1. The minimum atomic E-state index is -3.85. The minimum absolute atomic E-state index is 0.0387. The first kappa shape index (κ1) is 15.0. The van der Waals surface area contributed by atoms with Gasteiger partial charge in [-0.2, -0.15) is 0 Å². The highest BCUT2D eigenvalue weighted by Crippen LogP contribution is 2.20. The third-order valence-electron chi connectivity index (χ3n) is 1.93. The van der Waals surface area contributed by atoms with Crippen LogP contribution in [-0.2, 0) is 10.0 Å². The number of rotatable bonds is 5. The van der Waals surface area contributed by atoms with E-state index in [4.69, 9.17) is 28.3 Å². The summed E-state index contributed by atoms with van der Waals surface area (Å²) >= 11 is 11.1. The summed E-state index contributed by atoms with van der Waals surface area (Å²) in [5, 5.41) is 8.92. The molecule has 0 aromatic heterocycles. The molecule has 1 aromatic carbocycles. The van der Waals surface area contributed by atoms with Gasteiger partial charge < -0.3 is 5.11 Å². The third kappa shape index (κ3) is 3.71. The van der Waals surface area contributed by atoms with Crippen molar-refractivity contribution in [2.75, 3.05) is 6.54 Å². The van der Waals surface area contributed by atoms with Crippen LogP contribution in [0.5, 0.6) is 0 Å². The fourth-order valence-corrected chi connectivity index (χ4v) is 2.49. The summed E-state index contributed by atoms with van der Waals surface area (Å²) in [6, 6.07) is 3.38. The molecule has 0 atom stereocenters. The van der Waals surface area contributed by atoms with Crippen molar-refractivity contribution in [2.45, 2.75) is 4.90 Å². The molecule has 5 nitrogen and oxygen atoms in total. The lowest BCUT2D eigenvalue weighted by molar-refractivity contribution is 0.0697. The number of sulfonamides is 1. The van der Waals surface area contributed by atoms with Crippen molar-refractivity contribution in [1.29, 1.82) is 0 Å². The zero-order valence-corrected chi connectivity index (χ0v) is 11.3. The Kier molecular flexibility index (Phi) is 4.75. The highest BCUT2D eigenvalue weighted by Gasteiger charge is 2.18. The van der Waals surface area contributed by atoms with Gasteiger partial charge in [-0.3, -0.25) is 0 Å². The molecule has 1 aromatic rings. The number of hydrogen-bond acceptors (Lipinski definition) is 3. The molecule has 8 heteroatoms. The second-order valence-corrected chi connectivity index (χ2v) is 6.00. The predicted octanol–water partition coefficient (Wildman–Crippen LogP) is 2.07. The van der Waals surface area contributed by atoms with Gasteiger partial charge in [0.1, 0.15) is 0 Å². The van der Waals surface area contributed by atoms with E-state index in [1.54, 1.807) is 0 Å². The number of carbonyl (C=O) groups is 1. The lowest BCUT2D eigenvalue weighted by Crippen LogP contribution is -2.25. The van der Waals surface area contributed by atoms with Gasteiger partial charge in [0.2, 0.25) is 10.0 Å². The Bertz CT molecular complexity index is 598. The van der Waals surface area contributed by atoms with Crippen molar-refractivity contribution in [3.63, 3.8) is 0 Å². The van der Waals surface area contributed by atoms with Gasteiger partial charge in [0.05, 0.1) is 15.5 Å². The van der Waals surface area contributed by atoms with Gasteiger partial charge in [-0.15, -0.1) is 0 Å². The van der Waals surface area contributed by atoms with Gasteiger partial charge in [-0.05, 0) is 18.2 Å². The molecule has 1 rings (SSSR count). The average Bonchev–Trinajstić information content (AvgIpc) is 2.26. The largest absolute Gasteiger partial charge is 0.478 e. The van der Waals surface area contributed by atoms with E-state index in [1.165, 1.54) is 12.1 Å². The molecule has 18 heavy (non-hydrogen) atoms. The van der Waals surface area contributed by atoms with Crippen molar-refractivity contribution in [2.24, 2.45) is 0 Å². The van der Waals surface area contributed by atoms with Crippen LogP contribution in [0.4, 0.5) is 0 Å². The fraction of sp³-hybridized carbons (Fsp3) is 0.100. The normalized spacial score (nSPS) is 11.2. The van der Waals surface area contributed by atoms with Crippen LogP contribution in [0.1, 0.15) is 10.4 Å². The molecule has 98 valence electrons. The second-order valence-electron chi connectivity index (χ2n) is 3.29. The lowest BCUT2D eigenvalue weighted by Gasteiger charge is -2.07.